The molecular formula is C31H36N2O9. The van der Waals surface area contributed by atoms with Crippen LogP contribution in [0, 0.1) is 6.92 Å². The second-order valence-electron chi connectivity index (χ2n) is 10.4. The van der Waals surface area contributed by atoms with Gasteiger partial charge < -0.3 is 30.3 Å². The molecule has 4 rings (SSSR count). The number of hydrogen-bond donors (Lipinski definition) is 5. The van der Waals surface area contributed by atoms with Gasteiger partial charge in [0.15, 0.2) is 5.60 Å². The predicted octanol–water partition coefficient (Wildman–Crippen LogP) is 3.20. The average Bonchev–Trinajstić information content (AvgIpc) is 2.94. The van der Waals surface area contributed by atoms with E-state index in [2.05, 4.69) is 53.2 Å². The summed E-state index contributed by atoms with van der Waals surface area (Å²) in [5.41, 5.74) is 0.955. The van der Waals surface area contributed by atoms with Crippen LogP contribution in [-0.4, -0.2) is 72.0 Å². The third kappa shape index (κ3) is 9.65. The van der Waals surface area contributed by atoms with Crippen molar-refractivity contribution in [3.63, 3.8) is 0 Å². The van der Waals surface area contributed by atoms with Gasteiger partial charge in [-0.1, -0.05) is 48.0 Å². The number of aliphatic hydroxyl groups is 2. The van der Waals surface area contributed by atoms with Crippen LogP contribution in [0.25, 0.3) is 0 Å². The van der Waals surface area contributed by atoms with Crippen LogP contribution in [0.15, 0.2) is 72.9 Å². The van der Waals surface area contributed by atoms with Crippen molar-refractivity contribution < 1.29 is 44.7 Å². The lowest BCUT2D eigenvalue weighted by atomic mass is 9.84. The van der Waals surface area contributed by atoms with Crippen LogP contribution in [0.2, 0.25) is 0 Å². The van der Waals surface area contributed by atoms with Crippen molar-refractivity contribution in [3.8, 4) is 5.75 Å². The van der Waals surface area contributed by atoms with Crippen LogP contribution in [0.5, 0.6) is 5.75 Å². The number of carboxylic acid groups (broad SMARTS) is 3. The Morgan fingerprint density at radius 3 is 2.12 bits per heavy atom. The van der Waals surface area contributed by atoms with Crippen molar-refractivity contribution in [2.75, 3.05) is 13.1 Å². The molecule has 11 nitrogen and oxygen atoms in total. The standard InChI is InChI=1S/C25H28N2O2.C6H8O7/c1-20-8-10-22(11-9-20)25(28)12-15-27(16-13-25)18-21-5-4-7-24(17-21)29-19-23-6-2-3-14-26-23;7-3(8)1-6(13,5(11)12)2-4(9)10/h2-11,14,17,28H,12-13,15-16,18-19H2,1H3;13H,1-2H2,(H,7,8)(H,9,10)(H,11,12). The number of pyridine rings is 1. The van der Waals surface area contributed by atoms with Crippen molar-refractivity contribution >= 4 is 17.9 Å². The van der Waals surface area contributed by atoms with Crippen LogP contribution < -0.4 is 4.74 Å². The Hall–Kier alpha value is -4.32. The first-order chi connectivity index (χ1) is 19.9. The second kappa shape index (κ2) is 14.5. The molecule has 42 heavy (non-hydrogen) atoms. The zero-order chi connectivity index (χ0) is 30.8. The highest BCUT2D eigenvalue weighted by atomic mass is 16.5. The Balaban J connectivity index is 0.000000316. The number of rotatable bonds is 11. The van der Waals surface area contributed by atoms with Gasteiger partial charge in [0.2, 0.25) is 0 Å². The molecule has 1 fully saturated rings. The topological polar surface area (TPSA) is 178 Å². The average molecular weight is 581 g/mol. The SMILES string of the molecule is Cc1ccc(C2(O)CCN(Cc3cccc(OCc4ccccn4)c3)CC2)cc1.O=C(O)CC(O)(CC(=O)O)C(=O)O. The Labute approximate surface area is 243 Å². The van der Waals surface area contributed by atoms with Crippen molar-refractivity contribution in [2.24, 2.45) is 0 Å². The molecule has 0 unspecified atom stereocenters. The van der Waals surface area contributed by atoms with E-state index in [1.54, 1.807) is 6.20 Å². The minimum Gasteiger partial charge on any atom is -0.487 e. The minimum atomic E-state index is -2.74. The van der Waals surface area contributed by atoms with E-state index in [0.29, 0.717) is 6.61 Å². The zero-order valence-electron chi connectivity index (χ0n) is 23.3. The fraction of sp³-hybridized carbons (Fsp3) is 0.355. The number of likely N-dealkylation sites (tertiary alicyclic amines) is 1. The maximum Gasteiger partial charge on any atom is 0.336 e. The van der Waals surface area contributed by atoms with E-state index in [-0.39, 0.29) is 0 Å². The van der Waals surface area contributed by atoms with Gasteiger partial charge in [0.25, 0.3) is 0 Å². The number of aliphatic carboxylic acids is 3. The highest BCUT2D eigenvalue weighted by Gasteiger charge is 2.40. The summed E-state index contributed by atoms with van der Waals surface area (Å²) in [6, 6.07) is 22.4. The number of ether oxygens (including phenoxy) is 1. The Kier molecular flexibility index (Phi) is 11.1. The summed E-state index contributed by atoms with van der Waals surface area (Å²) in [7, 11) is 0. The van der Waals surface area contributed by atoms with Crippen molar-refractivity contribution in [3.05, 3.63) is 95.3 Å². The number of carbonyl (C=O) groups is 3. The number of carboxylic acids is 3. The van der Waals surface area contributed by atoms with Gasteiger partial charge in [-0.2, -0.15) is 0 Å². The molecule has 0 bridgehead atoms. The number of benzene rings is 2. The summed E-state index contributed by atoms with van der Waals surface area (Å²) in [4.78, 5) is 37.2. The van der Waals surface area contributed by atoms with Gasteiger partial charge in [0.05, 0.1) is 24.1 Å². The van der Waals surface area contributed by atoms with Crippen LogP contribution in [0.4, 0.5) is 0 Å². The normalized spacial score (nSPS) is 14.7. The summed E-state index contributed by atoms with van der Waals surface area (Å²) >= 11 is 0. The third-order valence-corrected chi connectivity index (χ3v) is 6.98. The Morgan fingerprint density at radius 1 is 0.929 bits per heavy atom. The van der Waals surface area contributed by atoms with E-state index in [0.717, 1.165) is 49.5 Å². The quantitative estimate of drug-likeness (QED) is 0.225. The van der Waals surface area contributed by atoms with E-state index in [1.165, 1.54) is 11.1 Å². The maximum absolute atomic E-state index is 11.1. The summed E-state index contributed by atoms with van der Waals surface area (Å²) in [5, 5.41) is 44.9. The minimum absolute atomic E-state index is 0.470. The number of piperidine rings is 1. The first-order valence-corrected chi connectivity index (χ1v) is 13.4. The molecule has 2 heterocycles. The van der Waals surface area contributed by atoms with Crippen LogP contribution in [-0.2, 0) is 33.1 Å². The van der Waals surface area contributed by atoms with Crippen LogP contribution in [0.1, 0.15) is 48.1 Å². The lowest BCUT2D eigenvalue weighted by Crippen LogP contribution is -2.42. The van der Waals surface area contributed by atoms with E-state index in [9.17, 15) is 19.5 Å². The smallest absolute Gasteiger partial charge is 0.336 e. The largest absolute Gasteiger partial charge is 0.487 e. The van der Waals surface area contributed by atoms with Gasteiger partial charge in [-0.05, 0) is 55.2 Å². The molecule has 0 amide bonds. The van der Waals surface area contributed by atoms with E-state index >= 15 is 0 Å². The predicted molar refractivity (Wildman–Crippen MR) is 152 cm³/mol. The van der Waals surface area contributed by atoms with Gasteiger partial charge in [0, 0.05) is 25.8 Å². The van der Waals surface area contributed by atoms with Gasteiger partial charge in [-0.3, -0.25) is 19.5 Å². The molecule has 11 heteroatoms. The lowest BCUT2D eigenvalue weighted by molar-refractivity contribution is -0.170. The van der Waals surface area contributed by atoms with Gasteiger partial charge in [-0.15, -0.1) is 0 Å². The molecule has 1 saturated heterocycles. The number of hydrogen-bond acceptors (Lipinski definition) is 8. The molecule has 2 aromatic carbocycles. The summed E-state index contributed by atoms with van der Waals surface area (Å²) in [5.74, 6) is -4.16. The number of nitrogens with zero attached hydrogens (tertiary/aromatic N) is 2. The lowest BCUT2D eigenvalue weighted by Gasteiger charge is -2.38. The fourth-order valence-corrected chi connectivity index (χ4v) is 4.58. The van der Waals surface area contributed by atoms with Gasteiger partial charge >= 0.3 is 17.9 Å². The van der Waals surface area contributed by atoms with E-state index < -0.39 is 42.0 Å². The van der Waals surface area contributed by atoms with E-state index in [4.69, 9.17) is 25.2 Å². The van der Waals surface area contributed by atoms with Crippen LogP contribution >= 0.6 is 0 Å². The summed E-state index contributed by atoms with van der Waals surface area (Å²) in [6.45, 7) is 5.17. The Bertz CT molecular complexity index is 1320. The van der Waals surface area contributed by atoms with Gasteiger partial charge in [-0.25, -0.2) is 4.79 Å². The zero-order valence-corrected chi connectivity index (χ0v) is 23.3. The molecule has 0 radical (unpaired) electrons. The monoisotopic (exact) mass is 580 g/mol. The molecule has 0 spiro atoms. The number of aromatic nitrogens is 1. The highest BCUT2D eigenvalue weighted by molar-refractivity contribution is 5.88. The van der Waals surface area contributed by atoms with Crippen molar-refractivity contribution in [2.45, 2.75) is 57.0 Å². The molecular weight excluding hydrogens is 544 g/mol. The molecule has 5 N–H and O–H groups in total. The molecule has 3 aromatic rings. The second-order valence-corrected chi connectivity index (χ2v) is 10.4. The van der Waals surface area contributed by atoms with Crippen molar-refractivity contribution in [1.29, 1.82) is 0 Å². The molecule has 224 valence electrons. The van der Waals surface area contributed by atoms with E-state index in [1.807, 2.05) is 30.3 Å². The fourth-order valence-electron chi connectivity index (χ4n) is 4.58. The Morgan fingerprint density at radius 2 is 1.57 bits per heavy atom. The van der Waals surface area contributed by atoms with Crippen LogP contribution in [0.3, 0.4) is 0 Å². The third-order valence-electron chi connectivity index (χ3n) is 6.98. The van der Waals surface area contributed by atoms with Gasteiger partial charge in [0.1, 0.15) is 12.4 Å². The number of aryl methyl sites for hydroxylation is 1. The molecule has 0 atom stereocenters. The molecule has 0 saturated carbocycles. The first-order valence-electron chi connectivity index (χ1n) is 13.4. The molecule has 1 aromatic heterocycles. The highest BCUT2D eigenvalue weighted by Crippen LogP contribution is 2.33. The van der Waals surface area contributed by atoms with Crippen molar-refractivity contribution in [1.82, 2.24) is 9.88 Å². The summed E-state index contributed by atoms with van der Waals surface area (Å²) < 4.78 is 5.90. The summed E-state index contributed by atoms with van der Waals surface area (Å²) in [6.07, 6.45) is 1.00. The first kappa shape index (κ1) is 32.2. The molecule has 1 aliphatic rings. The molecule has 0 aliphatic carbocycles. The molecule has 1 aliphatic heterocycles. The maximum atomic E-state index is 11.1.